The summed E-state index contributed by atoms with van der Waals surface area (Å²) in [6.45, 7) is 5.70. The molecule has 0 amide bonds. The maximum Gasteiger partial charge on any atom is 0.122 e. The number of rotatable bonds is 5. The van der Waals surface area contributed by atoms with Crippen molar-refractivity contribution in [2.45, 2.75) is 13.8 Å². The molecule has 0 spiro atoms. The second-order valence-corrected chi connectivity index (χ2v) is 3.54. The first-order valence-electron chi connectivity index (χ1n) is 5.24. The minimum Gasteiger partial charge on any atom is -0.489 e. The van der Waals surface area contributed by atoms with Gasteiger partial charge in [0.2, 0.25) is 0 Å². The number of hydrogen-bond acceptors (Lipinski definition) is 2. The first-order chi connectivity index (χ1) is 7.25. The fourth-order valence-corrected chi connectivity index (χ4v) is 1.29. The van der Waals surface area contributed by atoms with Gasteiger partial charge in [-0.15, -0.1) is 0 Å². The highest BCUT2D eigenvalue weighted by atomic mass is 16.5. The SMILES string of the molecule is CNC/C=C/COc1cccc(C)c1C. The highest BCUT2D eigenvalue weighted by Crippen LogP contribution is 2.20. The Kier molecular flexibility index (Phi) is 4.91. The lowest BCUT2D eigenvalue weighted by Crippen LogP contribution is -2.05. The zero-order chi connectivity index (χ0) is 11.1. The van der Waals surface area contributed by atoms with E-state index in [1.165, 1.54) is 11.1 Å². The molecule has 1 rings (SSSR count). The number of aryl methyl sites for hydroxylation is 1. The first-order valence-corrected chi connectivity index (χ1v) is 5.24. The molecule has 82 valence electrons. The summed E-state index contributed by atoms with van der Waals surface area (Å²) in [5, 5.41) is 3.04. The topological polar surface area (TPSA) is 21.3 Å². The van der Waals surface area contributed by atoms with Gasteiger partial charge in [0.15, 0.2) is 0 Å². The van der Waals surface area contributed by atoms with E-state index in [0.29, 0.717) is 6.61 Å². The predicted octanol–water partition coefficient (Wildman–Crippen LogP) is 2.46. The second kappa shape index (κ2) is 6.25. The van der Waals surface area contributed by atoms with Crippen LogP contribution in [0.1, 0.15) is 11.1 Å². The summed E-state index contributed by atoms with van der Waals surface area (Å²) in [5.74, 6) is 0.976. The van der Waals surface area contributed by atoms with Gasteiger partial charge in [0.1, 0.15) is 12.4 Å². The summed E-state index contributed by atoms with van der Waals surface area (Å²) in [4.78, 5) is 0. The van der Waals surface area contributed by atoms with Crippen molar-refractivity contribution in [1.29, 1.82) is 0 Å². The molecule has 2 nitrogen and oxygen atoms in total. The van der Waals surface area contributed by atoms with Crippen LogP contribution in [0.5, 0.6) is 5.75 Å². The van der Waals surface area contributed by atoms with Crippen LogP contribution in [-0.2, 0) is 0 Å². The fraction of sp³-hybridized carbons (Fsp3) is 0.385. The Morgan fingerprint density at radius 1 is 1.27 bits per heavy atom. The third-order valence-corrected chi connectivity index (χ3v) is 2.38. The van der Waals surface area contributed by atoms with E-state index in [-0.39, 0.29) is 0 Å². The molecule has 15 heavy (non-hydrogen) atoms. The Labute approximate surface area is 92.0 Å². The maximum atomic E-state index is 5.65. The van der Waals surface area contributed by atoms with Crippen molar-refractivity contribution in [2.24, 2.45) is 0 Å². The van der Waals surface area contributed by atoms with E-state index < -0.39 is 0 Å². The molecule has 0 radical (unpaired) electrons. The molecule has 0 unspecified atom stereocenters. The van der Waals surface area contributed by atoms with Crippen molar-refractivity contribution in [3.8, 4) is 5.75 Å². The zero-order valence-electron chi connectivity index (χ0n) is 9.71. The monoisotopic (exact) mass is 205 g/mol. The van der Waals surface area contributed by atoms with Gasteiger partial charge in [-0.25, -0.2) is 0 Å². The van der Waals surface area contributed by atoms with E-state index in [1.807, 2.05) is 25.3 Å². The minimum atomic E-state index is 0.631. The van der Waals surface area contributed by atoms with Crippen molar-refractivity contribution < 1.29 is 4.74 Å². The molecule has 2 heteroatoms. The highest BCUT2D eigenvalue weighted by Gasteiger charge is 1.99. The van der Waals surface area contributed by atoms with Gasteiger partial charge >= 0.3 is 0 Å². The molecule has 0 saturated carbocycles. The number of hydrogen-bond donors (Lipinski definition) is 1. The van der Waals surface area contributed by atoms with Gasteiger partial charge in [-0.3, -0.25) is 0 Å². The lowest BCUT2D eigenvalue weighted by atomic mass is 10.1. The molecule has 0 fully saturated rings. The molecular formula is C13H19NO. The molecule has 1 aromatic carbocycles. The molecule has 0 aliphatic carbocycles. The molecule has 0 atom stereocenters. The van der Waals surface area contributed by atoms with Crippen LogP contribution in [0, 0.1) is 13.8 Å². The second-order valence-electron chi connectivity index (χ2n) is 3.54. The summed E-state index contributed by atoms with van der Waals surface area (Å²) in [6, 6.07) is 6.13. The van der Waals surface area contributed by atoms with Gasteiger partial charge < -0.3 is 10.1 Å². The van der Waals surface area contributed by atoms with Crippen LogP contribution in [0.15, 0.2) is 30.4 Å². The molecule has 1 N–H and O–H groups in total. The Morgan fingerprint density at radius 2 is 2.07 bits per heavy atom. The number of benzene rings is 1. The van der Waals surface area contributed by atoms with Crippen LogP contribution in [0.2, 0.25) is 0 Å². The van der Waals surface area contributed by atoms with Crippen LogP contribution >= 0.6 is 0 Å². The zero-order valence-corrected chi connectivity index (χ0v) is 9.71. The van der Waals surface area contributed by atoms with Crippen LogP contribution in [-0.4, -0.2) is 20.2 Å². The van der Waals surface area contributed by atoms with E-state index in [4.69, 9.17) is 4.74 Å². The number of ether oxygens (including phenoxy) is 1. The minimum absolute atomic E-state index is 0.631. The normalized spacial score (nSPS) is 10.9. The van der Waals surface area contributed by atoms with Gasteiger partial charge in [-0.2, -0.15) is 0 Å². The third kappa shape index (κ3) is 3.76. The van der Waals surface area contributed by atoms with Gasteiger partial charge in [0.25, 0.3) is 0 Å². The first kappa shape index (κ1) is 11.8. The lowest BCUT2D eigenvalue weighted by molar-refractivity contribution is 0.359. The quantitative estimate of drug-likeness (QED) is 0.746. The van der Waals surface area contributed by atoms with Crippen LogP contribution < -0.4 is 10.1 Å². The van der Waals surface area contributed by atoms with Crippen molar-refractivity contribution in [2.75, 3.05) is 20.2 Å². The van der Waals surface area contributed by atoms with Crippen molar-refractivity contribution >= 4 is 0 Å². The largest absolute Gasteiger partial charge is 0.489 e. The third-order valence-electron chi connectivity index (χ3n) is 2.38. The van der Waals surface area contributed by atoms with E-state index >= 15 is 0 Å². The standard InChI is InChI=1S/C13H19NO/c1-11-7-6-8-13(12(11)2)15-10-5-4-9-14-3/h4-8,14H,9-10H2,1-3H3/b5-4+. The molecule has 0 heterocycles. The molecule has 0 aliphatic rings. The number of nitrogens with one attached hydrogen (secondary N) is 1. The Morgan fingerprint density at radius 3 is 2.80 bits per heavy atom. The van der Waals surface area contributed by atoms with E-state index in [0.717, 1.165) is 12.3 Å². The van der Waals surface area contributed by atoms with Crippen LogP contribution in [0.3, 0.4) is 0 Å². The summed E-state index contributed by atoms with van der Waals surface area (Å²) in [5.41, 5.74) is 2.49. The molecule has 0 saturated heterocycles. The van der Waals surface area contributed by atoms with Crippen molar-refractivity contribution in [3.05, 3.63) is 41.5 Å². The molecule has 0 aliphatic heterocycles. The molecular weight excluding hydrogens is 186 g/mol. The van der Waals surface area contributed by atoms with Gasteiger partial charge in [0.05, 0.1) is 0 Å². The van der Waals surface area contributed by atoms with Gasteiger partial charge in [-0.1, -0.05) is 24.3 Å². The van der Waals surface area contributed by atoms with Gasteiger partial charge in [-0.05, 0) is 38.1 Å². The average Bonchev–Trinajstić information content (AvgIpc) is 2.24. The summed E-state index contributed by atoms with van der Waals surface area (Å²) in [6.07, 6.45) is 4.09. The Hall–Kier alpha value is -1.28. The fourth-order valence-electron chi connectivity index (χ4n) is 1.29. The molecule has 0 aromatic heterocycles. The van der Waals surface area contributed by atoms with Crippen molar-refractivity contribution in [3.63, 3.8) is 0 Å². The molecule has 0 bridgehead atoms. The van der Waals surface area contributed by atoms with Crippen molar-refractivity contribution in [1.82, 2.24) is 5.32 Å². The van der Waals surface area contributed by atoms with E-state index in [9.17, 15) is 0 Å². The van der Waals surface area contributed by atoms with E-state index in [1.54, 1.807) is 0 Å². The average molecular weight is 205 g/mol. The summed E-state index contributed by atoms with van der Waals surface area (Å²) in [7, 11) is 1.93. The van der Waals surface area contributed by atoms with Crippen LogP contribution in [0.4, 0.5) is 0 Å². The lowest BCUT2D eigenvalue weighted by Gasteiger charge is -2.08. The van der Waals surface area contributed by atoms with E-state index in [2.05, 4.69) is 31.3 Å². The summed E-state index contributed by atoms with van der Waals surface area (Å²) < 4.78 is 5.65. The Bertz CT molecular complexity index is 331. The van der Waals surface area contributed by atoms with Crippen LogP contribution in [0.25, 0.3) is 0 Å². The molecule has 1 aromatic rings. The van der Waals surface area contributed by atoms with Gasteiger partial charge in [0, 0.05) is 6.54 Å². The Balaban J connectivity index is 2.47. The summed E-state index contributed by atoms with van der Waals surface area (Å²) >= 11 is 0. The number of likely N-dealkylation sites (N-methyl/N-ethyl adjacent to an activating group) is 1. The maximum absolute atomic E-state index is 5.65. The predicted molar refractivity (Wildman–Crippen MR) is 64.5 cm³/mol. The smallest absolute Gasteiger partial charge is 0.122 e. The highest BCUT2D eigenvalue weighted by molar-refractivity contribution is 5.38.